The van der Waals surface area contributed by atoms with Crippen LogP contribution in [0.1, 0.15) is 16.0 Å². The third-order valence-electron chi connectivity index (χ3n) is 3.41. The number of alkyl halides is 1. The maximum absolute atomic E-state index is 6.31. The molecule has 0 heterocycles. The molecule has 0 nitrogen and oxygen atoms in total. The Balaban J connectivity index is 2.20. The normalized spacial score (nSPS) is 12.6. The summed E-state index contributed by atoms with van der Waals surface area (Å²) in [5, 5.41) is 3.06. The van der Waals surface area contributed by atoms with Gasteiger partial charge in [-0.05, 0) is 63.4 Å². The lowest BCUT2D eigenvalue weighted by molar-refractivity contribution is 1.18. The second-order valence-corrected chi connectivity index (χ2v) is 8.11. The number of halogens is 4. The molecule has 0 N–H and O–H groups in total. The largest absolute Gasteiger partial charge is 0.0837 e. The van der Waals surface area contributed by atoms with E-state index in [0.717, 1.165) is 14.9 Å². The molecule has 3 rings (SSSR count). The molecule has 0 saturated carbocycles. The predicted molar refractivity (Wildman–Crippen MR) is 107 cm³/mol. The van der Waals surface area contributed by atoms with Crippen LogP contribution in [0, 0.1) is 3.57 Å². The first-order valence-electron chi connectivity index (χ1n) is 6.34. The third-order valence-corrected chi connectivity index (χ3v) is 6.20. The lowest BCUT2D eigenvalue weighted by Gasteiger charge is -2.16. The summed E-state index contributed by atoms with van der Waals surface area (Å²) in [6.45, 7) is 0. The Labute approximate surface area is 159 Å². The van der Waals surface area contributed by atoms with Crippen LogP contribution in [0.2, 0.25) is 5.02 Å². The van der Waals surface area contributed by atoms with E-state index in [1.807, 2.05) is 18.2 Å². The van der Waals surface area contributed by atoms with E-state index in [1.165, 1.54) is 20.1 Å². The van der Waals surface area contributed by atoms with Crippen molar-refractivity contribution in [1.82, 2.24) is 0 Å². The first kappa shape index (κ1) is 15.8. The fourth-order valence-corrected chi connectivity index (χ4v) is 4.84. The number of hydrogen-bond donors (Lipinski definition) is 0. The van der Waals surface area contributed by atoms with Gasteiger partial charge in [0.15, 0.2) is 0 Å². The van der Waals surface area contributed by atoms with Crippen molar-refractivity contribution in [2.45, 2.75) is 4.83 Å². The van der Waals surface area contributed by atoms with Gasteiger partial charge in [-0.1, -0.05) is 73.8 Å². The van der Waals surface area contributed by atoms with Gasteiger partial charge >= 0.3 is 0 Å². The van der Waals surface area contributed by atoms with E-state index in [4.69, 9.17) is 11.6 Å². The van der Waals surface area contributed by atoms with E-state index >= 15 is 0 Å². The van der Waals surface area contributed by atoms with Crippen molar-refractivity contribution >= 4 is 76.8 Å². The molecule has 0 amide bonds. The Bertz CT molecular complexity index is 817. The Morgan fingerprint density at radius 3 is 2.38 bits per heavy atom. The van der Waals surface area contributed by atoms with Gasteiger partial charge in [-0.25, -0.2) is 0 Å². The summed E-state index contributed by atoms with van der Waals surface area (Å²) >= 11 is 16.1. The van der Waals surface area contributed by atoms with Crippen LogP contribution in [0.15, 0.2) is 59.1 Å². The summed E-state index contributed by atoms with van der Waals surface area (Å²) in [5.41, 5.74) is 2.48. The minimum absolute atomic E-state index is 0.129. The second kappa shape index (κ2) is 6.57. The van der Waals surface area contributed by atoms with E-state index in [-0.39, 0.29) is 4.83 Å². The molecule has 3 aromatic carbocycles. The summed E-state index contributed by atoms with van der Waals surface area (Å²) in [6, 6.07) is 18.7. The van der Waals surface area contributed by atoms with Crippen LogP contribution in [0.5, 0.6) is 0 Å². The third kappa shape index (κ3) is 3.16. The van der Waals surface area contributed by atoms with Crippen molar-refractivity contribution in [1.29, 1.82) is 0 Å². The van der Waals surface area contributed by atoms with E-state index in [0.29, 0.717) is 0 Å². The first-order valence-corrected chi connectivity index (χ1v) is 9.50. The molecule has 21 heavy (non-hydrogen) atoms. The topological polar surface area (TPSA) is 0 Å². The number of benzene rings is 3. The molecular weight excluding hydrogens is 526 g/mol. The van der Waals surface area contributed by atoms with Crippen LogP contribution in [0.4, 0.5) is 0 Å². The molecule has 1 atom stereocenters. The van der Waals surface area contributed by atoms with Gasteiger partial charge in [0.1, 0.15) is 0 Å². The lowest BCUT2D eigenvalue weighted by Crippen LogP contribution is -1.97. The van der Waals surface area contributed by atoms with E-state index in [1.54, 1.807) is 0 Å². The molecule has 4 heteroatoms. The van der Waals surface area contributed by atoms with Crippen molar-refractivity contribution in [3.8, 4) is 0 Å². The first-order chi connectivity index (χ1) is 10.1. The highest BCUT2D eigenvalue weighted by Crippen LogP contribution is 2.39. The minimum atomic E-state index is 0.129. The van der Waals surface area contributed by atoms with E-state index < -0.39 is 0 Å². The van der Waals surface area contributed by atoms with Crippen LogP contribution in [0.25, 0.3) is 10.8 Å². The molecular formula is C17H10Br2ClI. The molecule has 1 unspecified atom stereocenters. The van der Waals surface area contributed by atoms with Crippen LogP contribution < -0.4 is 0 Å². The molecule has 0 saturated heterocycles. The van der Waals surface area contributed by atoms with Crippen molar-refractivity contribution in [2.75, 3.05) is 0 Å². The van der Waals surface area contributed by atoms with Crippen LogP contribution >= 0.6 is 66.1 Å². The van der Waals surface area contributed by atoms with Crippen LogP contribution in [-0.4, -0.2) is 0 Å². The average molecular weight is 536 g/mol. The van der Waals surface area contributed by atoms with Gasteiger partial charge < -0.3 is 0 Å². The Kier molecular flexibility index (Phi) is 4.94. The monoisotopic (exact) mass is 534 g/mol. The highest BCUT2D eigenvalue weighted by Gasteiger charge is 2.17. The average Bonchev–Trinajstić information content (AvgIpc) is 2.50. The molecule has 0 radical (unpaired) electrons. The molecule has 0 aliphatic rings. The van der Waals surface area contributed by atoms with Gasteiger partial charge in [-0.3, -0.25) is 0 Å². The SMILES string of the molecule is Clc1ccc(C(Br)c2cc(Br)ccc2I)c2ccccc12. The van der Waals surface area contributed by atoms with Gasteiger partial charge in [0, 0.05) is 18.5 Å². The smallest absolute Gasteiger partial charge is 0.0661 e. The Hall–Kier alpha value is -0.100. The number of fused-ring (bicyclic) bond motifs is 1. The highest BCUT2D eigenvalue weighted by atomic mass is 127. The zero-order valence-corrected chi connectivity index (χ0v) is 16.9. The van der Waals surface area contributed by atoms with E-state index in [2.05, 4.69) is 90.8 Å². The van der Waals surface area contributed by atoms with Gasteiger partial charge in [-0.15, -0.1) is 0 Å². The number of hydrogen-bond acceptors (Lipinski definition) is 0. The predicted octanol–water partition coefficient (Wildman–Crippen LogP) is 7.34. The molecule has 0 aliphatic carbocycles. The Morgan fingerprint density at radius 2 is 1.62 bits per heavy atom. The summed E-state index contributed by atoms with van der Waals surface area (Å²) < 4.78 is 2.32. The van der Waals surface area contributed by atoms with Gasteiger partial charge in [0.2, 0.25) is 0 Å². The van der Waals surface area contributed by atoms with Crippen molar-refractivity contribution < 1.29 is 0 Å². The summed E-state index contributed by atoms with van der Waals surface area (Å²) in [7, 11) is 0. The molecule has 0 aromatic heterocycles. The number of rotatable bonds is 2. The van der Waals surface area contributed by atoms with Gasteiger partial charge in [-0.2, -0.15) is 0 Å². The molecule has 0 fully saturated rings. The highest BCUT2D eigenvalue weighted by molar-refractivity contribution is 14.1. The zero-order valence-electron chi connectivity index (χ0n) is 10.8. The molecule has 3 aromatic rings. The minimum Gasteiger partial charge on any atom is -0.0837 e. The van der Waals surface area contributed by atoms with Crippen LogP contribution in [-0.2, 0) is 0 Å². The van der Waals surface area contributed by atoms with Crippen molar-refractivity contribution in [3.05, 3.63) is 78.8 Å². The second-order valence-electron chi connectivity index (χ2n) is 4.71. The maximum Gasteiger partial charge on any atom is 0.0661 e. The zero-order chi connectivity index (χ0) is 15.0. The molecule has 106 valence electrons. The summed E-state index contributed by atoms with van der Waals surface area (Å²) in [6.07, 6.45) is 0. The molecule has 0 spiro atoms. The van der Waals surface area contributed by atoms with E-state index in [9.17, 15) is 0 Å². The molecule has 0 bridgehead atoms. The standard InChI is InChI=1S/C17H10Br2ClI/c18-10-5-8-16(21)14(9-10)17(19)13-6-7-15(20)12-4-2-1-3-11(12)13/h1-9,17H. The Morgan fingerprint density at radius 1 is 0.905 bits per heavy atom. The van der Waals surface area contributed by atoms with Gasteiger partial charge in [0.05, 0.1) is 4.83 Å². The quantitative estimate of drug-likeness (QED) is 0.238. The lowest BCUT2D eigenvalue weighted by atomic mass is 9.98. The fourth-order valence-electron chi connectivity index (χ4n) is 2.38. The maximum atomic E-state index is 6.31. The summed E-state index contributed by atoms with van der Waals surface area (Å²) in [5.74, 6) is 0. The van der Waals surface area contributed by atoms with Crippen LogP contribution in [0.3, 0.4) is 0 Å². The van der Waals surface area contributed by atoms with Crippen molar-refractivity contribution in [2.24, 2.45) is 0 Å². The van der Waals surface area contributed by atoms with Gasteiger partial charge in [0.25, 0.3) is 0 Å². The molecule has 0 aliphatic heterocycles. The van der Waals surface area contributed by atoms with Crippen molar-refractivity contribution in [3.63, 3.8) is 0 Å². The fraction of sp³-hybridized carbons (Fsp3) is 0.0588. The summed E-state index contributed by atoms with van der Waals surface area (Å²) in [4.78, 5) is 0.129.